The third-order valence-corrected chi connectivity index (χ3v) is 3.51. The number of H-pyrrole nitrogens is 1. The zero-order chi connectivity index (χ0) is 15.1. The molecule has 0 saturated heterocycles. The molecule has 0 aliphatic heterocycles. The molecular weight excluding hydrogens is 252 g/mol. The molecule has 0 aliphatic rings. The molecule has 0 atom stereocenters. The summed E-state index contributed by atoms with van der Waals surface area (Å²) in [7, 11) is 0. The molecule has 4 heteroatoms. The van der Waals surface area contributed by atoms with Crippen molar-refractivity contribution in [3.05, 3.63) is 39.7 Å². The van der Waals surface area contributed by atoms with Crippen molar-refractivity contribution < 1.29 is 4.79 Å². The summed E-state index contributed by atoms with van der Waals surface area (Å²) in [6.07, 6.45) is 0. The third-order valence-electron chi connectivity index (χ3n) is 3.51. The van der Waals surface area contributed by atoms with Crippen molar-refractivity contribution in [2.75, 3.05) is 5.32 Å². The van der Waals surface area contributed by atoms with Gasteiger partial charge in [-0.05, 0) is 31.5 Å². The van der Waals surface area contributed by atoms with Crippen LogP contribution >= 0.6 is 0 Å². The summed E-state index contributed by atoms with van der Waals surface area (Å²) in [6, 6.07) is 5.58. The van der Waals surface area contributed by atoms with E-state index >= 15 is 0 Å². The quantitative estimate of drug-likeness (QED) is 0.837. The van der Waals surface area contributed by atoms with Crippen molar-refractivity contribution in [2.45, 2.75) is 34.6 Å². The molecule has 4 nitrogen and oxygen atoms in total. The van der Waals surface area contributed by atoms with Gasteiger partial charge in [-0.1, -0.05) is 26.8 Å². The number of anilines is 1. The number of fused-ring (bicyclic) bond motifs is 1. The van der Waals surface area contributed by atoms with E-state index in [1.807, 2.05) is 46.8 Å². The predicted molar refractivity (Wildman–Crippen MR) is 82.1 cm³/mol. The van der Waals surface area contributed by atoms with Crippen LogP contribution in [0.5, 0.6) is 0 Å². The number of hydrogen-bond acceptors (Lipinski definition) is 2. The fraction of sp³-hybridized carbons (Fsp3) is 0.375. The highest BCUT2D eigenvalue weighted by molar-refractivity contribution is 5.96. The molecule has 1 aromatic carbocycles. The van der Waals surface area contributed by atoms with Crippen LogP contribution in [-0.4, -0.2) is 10.9 Å². The van der Waals surface area contributed by atoms with Crippen molar-refractivity contribution in [1.29, 1.82) is 0 Å². The Morgan fingerprint density at radius 3 is 2.40 bits per heavy atom. The Labute approximate surface area is 118 Å². The fourth-order valence-corrected chi connectivity index (χ4v) is 1.96. The van der Waals surface area contributed by atoms with Crippen molar-refractivity contribution in [3.8, 4) is 0 Å². The molecule has 1 aromatic heterocycles. The molecule has 0 fully saturated rings. The maximum Gasteiger partial charge on any atom is 0.251 e. The van der Waals surface area contributed by atoms with Gasteiger partial charge >= 0.3 is 0 Å². The van der Waals surface area contributed by atoms with Crippen LogP contribution in [0, 0.1) is 19.3 Å². The molecule has 2 aromatic rings. The normalized spacial score (nSPS) is 11.7. The first kappa shape index (κ1) is 14.3. The topological polar surface area (TPSA) is 62.0 Å². The van der Waals surface area contributed by atoms with Gasteiger partial charge in [0, 0.05) is 22.1 Å². The molecule has 0 unspecified atom stereocenters. The largest absolute Gasteiger partial charge is 0.326 e. The number of aryl methyl sites for hydroxylation is 1. The highest BCUT2D eigenvalue weighted by Crippen LogP contribution is 2.23. The lowest BCUT2D eigenvalue weighted by Gasteiger charge is -2.18. The van der Waals surface area contributed by atoms with Crippen LogP contribution in [0.2, 0.25) is 0 Å². The monoisotopic (exact) mass is 272 g/mol. The maximum absolute atomic E-state index is 12.0. The number of benzene rings is 1. The minimum absolute atomic E-state index is 0.0527. The number of carbonyl (C=O) groups is 1. The number of aromatic nitrogens is 1. The van der Waals surface area contributed by atoms with Crippen LogP contribution in [0.3, 0.4) is 0 Å². The average molecular weight is 272 g/mol. The van der Waals surface area contributed by atoms with E-state index in [2.05, 4.69) is 10.3 Å². The van der Waals surface area contributed by atoms with Gasteiger partial charge in [-0.25, -0.2) is 0 Å². The molecular formula is C16H20N2O2. The van der Waals surface area contributed by atoms with Gasteiger partial charge in [0.1, 0.15) is 0 Å². The van der Waals surface area contributed by atoms with Gasteiger partial charge in [0.15, 0.2) is 0 Å². The van der Waals surface area contributed by atoms with Gasteiger partial charge in [-0.2, -0.15) is 0 Å². The molecule has 106 valence electrons. The second kappa shape index (κ2) is 4.78. The first-order chi connectivity index (χ1) is 9.20. The number of hydrogen-bond donors (Lipinski definition) is 2. The predicted octanol–water partition coefficient (Wildman–Crippen LogP) is 3.13. The van der Waals surface area contributed by atoms with E-state index < -0.39 is 5.41 Å². The van der Waals surface area contributed by atoms with E-state index in [1.54, 1.807) is 6.07 Å². The van der Waals surface area contributed by atoms with E-state index in [0.717, 1.165) is 22.0 Å². The first-order valence-corrected chi connectivity index (χ1v) is 6.65. The number of amides is 1. The number of carbonyl (C=O) groups excluding carboxylic acids is 1. The zero-order valence-corrected chi connectivity index (χ0v) is 12.5. The van der Waals surface area contributed by atoms with E-state index in [0.29, 0.717) is 5.69 Å². The van der Waals surface area contributed by atoms with Gasteiger partial charge in [0.05, 0.1) is 5.52 Å². The number of pyridine rings is 1. The lowest BCUT2D eigenvalue weighted by molar-refractivity contribution is -0.123. The third kappa shape index (κ3) is 2.59. The van der Waals surface area contributed by atoms with Gasteiger partial charge in [-0.15, -0.1) is 0 Å². The maximum atomic E-state index is 12.0. The van der Waals surface area contributed by atoms with Crippen LogP contribution in [-0.2, 0) is 4.79 Å². The first-order valence-electron chi connectivity index (χ1n) is 6.65. The summed E-state index contributed by atoms with van der Waals surface area (Å²) in [6.45, 7) is 9.32. The van der Waals surface area contributed by atoms with Gasteiger partial charge < -0.3 is 10.3 Å². The van der Waals surface area contributed by atoms with Crippen molar-refractivity contribution in [3.63, 3.8) is 0 Å². The Morgan fingerprint density at radius 2 is 1.80 bits per heavy atom. The highest BCUT2D eigenvalue weighted by atomic mass is 16.2. The summed E-state index contributed by atoms with van der Waals surface area (Å²) in [5, 5.41) is 3.86. The molecule has 20 heavy (non-hydrogen) atoms. The molecule has 0 spiro atoms. The molecule has 2 rings (SSSR count). The second-order valence-electron chi connectivity index (χ2n) is 6.17. The van der Waals surface area contributed by atoms with E-state index in [-0.39, 0.29) is 11.5 Å². The molecule has 1 heterocycles. The summed E-state index contributed by atoms with van der Waals surface area (Å²) in [4.78, 5) is 26.6. The Balaban J connectivity index is 2.48. The summed E-state index contributed by atoms with van der Waals surface area (Å²) < 4.78 is 0. The Kier molecular flexibility index (Phi) is 3.42. The van der Waals surface area contributed by atoms with E-state index in [9.17, 15) is 9.59 Å². The zero-order valence-electron chi connectivity index (χ0n) is 12.5. The molecule has 0 bridgehead atoms. The standard InChI is InChI=1S/C16H20N2O2/c1-9-10(2)14(19)18-13-8-11(6-7-12(9)13)17-15(20)16(3,4)5/h6-8H,1-5H3,(H,17,20)(H,18,19). The Bertz CT molecular complexity index is 736. The van der Waals surface area contributed by atoms with Crippen LogP contribution in [0.1, 0.15) is 31.9 Å². The SMILES string of the molecule is Cc1c(C)c2ccc(NC(=O)C(C)(C)C)cc2[nH]c1=O. The van der Waals surface area contributed by atoms with Gasteiger partial charge in [-0.3, -0.25) is 9.59 Å². The fourth-order valence-electron chi connectivity index (χ4n) is 1.96. The number of rotatable bonds is 1. The van der Waals surface area contributed by atoms with Crippen molar-refractivity contribution >= 4 is 22.5 Å². The van der Waals surface area contributed by atoms with Crippen molar-refractivity contribution in [2.24, 2.45) is 5.41 Å². The molecule has 2 N–H and O–H groups in total. The van der Waals surface area contributed by atoms with E-state index in [1.165, 1.54) is 0 Å². The number of nitrogens with one attached hydrogen (secondary N) is 2. The Hall–Kier alpha value is -2.10. The summed E-state index contributed by atoms with van der Waals surface area (Å²) >= 11 is 0. The average Bonchev–Trinajstić information content (AvgIpc) is 2.35. The highest BCUT2D eigenvalue weighted by Gasteiger charge is 2.21. The number of aromatic amines is 1. The van der Waals surface area contributed by atoms with Crippen LogP contribution in [0.4, 0.5) is 5.69 Å². The summed E-state index contributed by atoms with van der Waals surface area (Å²) in [5.74, 6) is -0.0527. The minimum Gasteiger partial charge on any atom is -0.326 e. The molecule has 0 radical (unpaired) electrons. The van der Waals surface area contributed by atoms with E-state index in [4.69, 9.17) is 0 Å². The lowest BCUT2D eigenvalue weighted by atomic mass is 9.95. The second-order valence-corrected chi connectivity index (χ2v) is 6.17. The van der Waals surface area contributed by atoms with Crippen LogP contribution in [0.25, 0.3) is 10.9 Å². The van der Waals surface area contributed by atoms with Crippen LogP contribution < -0.4 is 10.9 Å². The van der Waals surface area contributed by atoms with Gasteiger partial charge in [0.25, 0.3) is 5.56 Å². The Morgan fingerprint density at radius 1 is 1.15 bits per heavy atom. The smallest absolute Gasteiger partial charge is 0.251 e. The molecule has 0 aliphatic carbocycles. The molecule has 0 saturated carbocycles. The molecule has 1 amide bonds. The van der Waals surface area contributed by atoms with Crippen molar-refractivity contribution in [1.82, 2.24) is 4.98 Å². The minimum atomic E-state index is -0.453. The summed E-state index contributed by atoms with van der Waals surface area (Å²) in [5.41, 5.74) is 2.59. The van der Waals surface area contributed by atoms with Crippen LogP contribution in [0.15, 0.2) is 23.0 Å². The lowest BCUT2D eigenvalue weighted by Crippen LogP contribution is -2.27. The van der Waals surface area contributed by atoms with Gasteiger partial charge in [0.2, 0.25) is 5.91 Å².